The maximum Gasteiger partial charge on any atom is 0.228 e. The summed E-state index contributed by atoms with van der Waals surface area (Å²) in [7, 11) is 3.64. The average molecular weight is 364 g/mol. The minimum absolute atomic E-state index is 0.0291. The first kappa shape index (κ1) is 28.3. The molecule has 1 rings (SSSR count). The van der Waals surface area contributed by atoms with Crippen molar-refractivity contribution in [2.24, 2.45) is 5.92 Å². The number of hydrogen-bond acceptors (Lipinski definition) is 5. The molecule has 1 amide bonds. The van der Waals surface area contributed by atoms with Gasteiger partial charge in [-0.15, -0.1) is 0 Å². The van der Waals surface area contributed by atoms with E-state index in [0.717, 1.165) is 26.3 Å². The number of aliphatic hydroxyl groups excluding tert-OH is 2. The Labute approximate surface area is 157 Å². The number of carbonyl (C=O) groups excluding carboxylic acids is 2. The first-order valence-electron chi connectivity index (χ1n) is 7.82. The van der Waals surface area contributed by atoms with Crippen LogP contribution < -0.4 is 10.6 Å². The van der Waals surface area contributed by atoms with Crippen molar-refractivity contribution in [3.8, 4) is 0 Å². The van der Waals surface area contributed by atoms with Crippen LogP contribution in [-0.4, -0.2) is 50.7 Å². The second-order valence-corrected chi connectivity index (χ2v) is 4.39. The van der Waals surface area contributed by atoms with Crippen molar-refractivity contribution in [3.63, 3.8) is 0 Å². The summed E-state index contributed by atoms with van der Waals surface area (Å²) in [6.45, 7) is 10.7. The van der Waals surface area contributed by atoms with Crippen LogP contribution in [0, 0.1) is 5.92 Å². The van der Waals surface area contributed by atoms with Crippen molar-refractivity contribution in [1.29, 1.82) is 0 Å². The van der Waals surface area contributed by atoms with E-state index in [4.69, 9.17) is 15.0 Å². The summed E-state index contributed by atoms with van der Waals surface area (Å²) in [6.07, 6.45) is 5.19. The van der Waals surface area contributed by atoms with E-state index >= 15 is 0 Å². The zero-order valence-electron chi connectivity index (χ0n) is 15.9. The molecule has 1 unspecified atom stereocenters. The molecule has 6 heteroatoms. The summed E-state index contributed by atoms with van der Waals surface area (Å²) >= 11 is 0. The van der Waals surface area contributed by atoms with Gasteiger partial charge in [0.1, 0.15) is 6.79 Å². The third kappa shape index (κ3) is 12.8. The van der Waals surface area contributed by atoms with Crippen LogP contribution in [0.25, 0.3) is 0 Å². The van der Waals surface area contributed by atoms with E-state index in [1.165, 1.54) is 5.56 Å². The summed E-state index contributed by atoms with van der Waals surface area (Å²) in [5, 5.41) is 20.0. The summed E-state index contributed by atoms with van der Waals surface area (Å²) in [4.78, 5) is 20.0. The second-order valence-electron chi connectivity index (χ2n) is 4.39. The van der Waals surface area contributed by atoms with Gasteiger partial charge in [-0.1, -0.05) is 61.7 Å². The van der Waals surface area contributed by atoms with Crippen LogP contribution in [0.15, 0.2) is 67.3 Å². The fourth-order valence-electron chi connectivity index (χ4n) is 1.96. The van der Waals surface area contributed by atoms with E-state index in [1.54, 1.807) is 19.2 Å². The topological polar surface area (TPSA) is 98.7 Å². The van der Waals surface area contributed by atoms with Crippen LogP contribution in [0.4, 0.5) is 0 Å². The molecule has 6 nitrogen and oxygen atoms in total. The summed E-state index contributed by atoms with van der Waals surface area (Å²) < 4.78 is 0. The van der Waals surface area contributed by atoms with E-state index < -0.39 is 0 Å². The lowest BCUT2D eigenvalue weighted by Crippen LogP contribution is -2.35. The molecule has 1 atom stereocenters. The van der Waals surface area contributed by atoms with Gasteiger partial charge in [0.05, 0.1) is 5.92 Å². The second kappa shape index (κ2) is 22.5. The van der Waals surface area contributed by atoms with E-state index in [1.807, 2.05) is 31.1 Å². The molecule has 0 aliphatic rings. The quantitative estimate of drug-likeness (QED) is 0.524. The number of benzene rings is 1. The Morgan fingerprint density at radius 1 is 1.12 bits per heavy atom. The Hall–Kier alpha value is -2.54. The van der Waals surface area contributed by atoms with Crippen molar-refractivity contribution in [2.75, 3.05) is 27.8 Å². The molecule has 146 valence electrons. The molecular formula is C20H32N2O4. The van der Waals surface area contributed by atoms with Crippen LogP contribution in [0.2, 0.25) is 0 Å². The molecule has 0 saturated heterocycles. The predicted octanol–water partition coefficient (Wildman–Crippen LogP) is 1.47. The molecule has 0 aliphatic carbocycles. The number of allylic oxidation sites excluding steroid dienone is 3. The molecule has 0 aromatic heterocycles. The van der Waals surface area contributed by atoms with Gasteiger partial charge >= 0.3 is 0 Å². The number of aliphatic hydroxyl groups is 2. The van der Waals surface area contributed by atoms with Crippen LogP contribution in [-0.2, 0) is 16.1 Å². The number of hydrogen-bond donors (Lipinski definition) is 4. The maximum absolute atomic E-state index is 12.0. The molecule has 0 saturated carbocycles. The lowest BCUT2D eigenvalue weighted by atomic mass is 9.97. The first-order chi connectivity index (χ1) is 12.7. The molecular weight excluding hydrogens is 332 g/mol. The number of nitrogens with one attached hydrogen (secondary N) is 2. The summed E-state index contributed by atoms with van der Waals surface area (Å²) in [5.74, 6) is -0.294. The van der Waals surface area contributed by atoms with Crippen molar-refractivity contribution in [1.82, 2.24) is 10.6 Å². The zero-order valence-corrected chi connectivity index (χ0v) is 15.9. The minimum Gasteiger partial charge on any atom is -0.400 e. The first-order valence-corrected chi connectivity index (χ1v) is 7.82. The maximum atomic E-state index is 12.0. The molecule has 26 heavy (non-hydrogen) atoms. The zero-order chi connectivity index (χ0) is 20.8. The fourth-order valence-corrected chi connectivity index (χ4v) is 1.96. The smallest absolute Gasteiger partial charge is 0.228 e. The van der Waals surface area contributed by atoms with Gasteiger partial charge in [-0.25, -0.2) is 0 Å². The van der Waals surface area contributed by atoms with Gasteiger partial charge in [-0.3, -0.25) is 4.79 Å². The van der Waals surface area contributed by atoms with Crippen LogP contribution in [0.1, 0.15) is 5.56 Å². The molecule has 0 radical (unpaired) electrons. The number of amides is 1. The molecule has 1 aromatic rings. The third-order valence-electron chi connectivity index (χ3n) is 3.03. The summed E-state index contributed by atoms with van der Waals surface area (Å²) in [6, 6.07) is 10.1. The number of rotatable bonds is 8. The number of carbonyl (C=O) groups is 2. The van der Waals surface area contributed by atoms with Crippen LogP contribution in [0.3, 0.4) is 0 Å². The average Bonchev–Trinajstić information content (AvgIpc) is 2.74. The van der Waals surface area contributed by atoms with Crippen molar-refractivity contribution >= 4 is 12.7 Å². The Bertz CT molecular complexity index is 502. The van der Waals surface area contributed by atoms with Gasteiger partial charge in [0.2, 0.25) is 5.91 Å². The third-order valence-corrected chi connectivity index (χ3v) is 3.03. The molecule has 0 fully saturated rings. The molecule has 0 aliphatic heterocycles. The molecule has 0 spiro atoms. The Morgan fingerprint density at radius 2 is 1.65 bits per heavy atom. The van der Waals surface area contributed by atoms with Gasteiger partial charge in [0, 0.05) is 34.4 Å². The van der Waals surface area contributed by atoms with Crippen LogP contribution >= 0.6 is 0 Å². The molecule has 0 heterocycles. The fraction of sp³-hybridized carbons (Fsp3) is 0.300. The van der Waals surface area contributed by atoms with Gasteiger partial charge in [0.25, 0.3) is 0 Å². The largest absolute Gasteiger partial charge is 0.400 e. The Balaban J connectivity index is -0.000000795. The predicted molar refractivity (Wildman–Crippen MR) is 108 cm³/mol. The highest BCUT2D eigenvalue weighted by molar-refractivity contribution is 5.82. The minimum atomic E-state index is -0.265. The monoisotopic (exact) mass is 364 g/mol. The lowest BCUT2D eigenvalue weighted by Gasteiger charge is -2.17. The van der Waals surface area contributed by atoms with E-state index in [2.05, 4.69) is 35.9 Å². The van der Waals surface area contributed by atoms with Crippen molar-refractivity contribution in [2.45, 2.75) is 6.54 Å². The van der Waals surface area contributed by atoms with Gasteiger partial charge in [0.15, 0.2) is 0 Å². The summed E-state index contributed by atoms with van der Waals surface area (Å²) in [5.41, 5.74) is 2.05. The highest BCUT2D eigenvalue weighted by Crippen LogP contribution is 2.12. The molecule has 1 aromatic carbocycles. The molecule has 0 bridgehead atoms. The lowest BCUT2D eigenvalue weighted by molar-refractivity contribution is -0.123. The van der Waals surface area contributed by atoms with E-state index in [-0.39, 0.29) is 11.8 Å². The SMILES string of the molecule is C=C/C=C(\C=C)C(CNCc1ccccc1)C(=O)NC.C=O.CO.CO. The van der Waals surface area contributed by atoms with Gasteiger partial charge < -0.3 is 25.6 Å². The van der Waals surface area contributed by atoms with Crippen molar-refractivity contribution < 1.29 is 19.8 Å². The Kier molecular flexibility index (Phi) is 24.4. The highest BCUT2D eigenvalue weighted by Gasteiger charge is 2.19. The Morgan fingerprint density at radius 3 is 2.08 bits per heavy atom. The van der Waals surface area contributed by atoms with Gasteiger partial charge in [-0.2, -0.15) is 0 Å². The van der Waals surface area contributed by atoms with Gasteiger partial charge in [-0.05, 0) is 11.1 Å². The van der Waals surface area contributed by atoms with Crippen LogP contribution in [0.5, 0.6) is 0 Å². The highest BCUT2D eigenvalue weighted by atomic mass is 16.2. The standard InChI is InChI=1S/C17H22N2O.2CH4O.CH2O/c1-4-9-15(5-2)16(17(20)18-3)13-19-12-14-10-7-6-8-11-14;3*1-2/h4-11,16,19H,1-2,12-13H2,3H3,(H,18,20);2*2H,1H3;1H2/b15-9+;;;. The van der Waals surface area contributed by atoms with E-state index in [9.17, 15) is 4.79 Å². The molecule has 4 N–H and O–H groups in total. The van der Waals surface area contributed by atoms with E-state index in [0.29, 0.717) is 6.54 Å². The van der Waals surface area contributed by atoms with Crippen molar-refractivity contribution in [3.05, 3.63) is 72.9 Å². The normalized spacial score (nSPS) is 10.3.